The Balaban J connectivity index is 0.000000756. The van der Waals surface area contributed by atoms with E-state index < -0.39 is 36.6 Å². The van der Waals surface area contributed by atoms with Crippen molar-refractivity contribution >= 4 is 127 Å². The molecule has 5 rings (SSSR count). The highest BCUT2D eigenvalue weighted by molar-refractivity contribution is 9.11. The van der Waals surface area contributed by atoms with Crippen LogP contribution in [-0.4, -0.2) is 74.7 Å². The molecular weight excluding hydrogens is 1180 g/mol. The highest BCUT2D eigenvalue weighted by Gasteiger charge is 2.12. The minimum absolute atomic E-state index is 0.00229. The number of ether oxygens (including phenoxy) is 2. The van der Waals surface area contributed by atoms with Crippen LogP contribution >= 0.6 is 86.9 Å². The third-order valence-corrected chi connectivity index (χ3v) is 9.80. The number of carbonyl (C=O) groups is 2. The van der Waals surface area contributed by atoms with Crippen molar-refractivity contribution < 1.29 is 43.7 Å². The number of aryl methyl sites for hydroxylation is 1. The van der Waals surface area contributed by atoms with Gasteiger partial charge in [0.25, 0.3) is 34.0 Å². The van der Waals surface area contributed by atoms with E-state index in [2.05, 4.69) is 98.1 Å². The van der Waals surface area contributed by atoms with Gasteiger partial charge in [-0.25, -0.2) is 9.97 Å². The van der Waals surface area contributed by atoms with Gasteiger partial charge in [0.2, 0.25) is 5.56 Å². The molecule has 0 amide bonds. The van der Waals surface area contributed by atoms with E-state index in [9.17, 15) is 69.7 Å². The second kappa shape index (κ2) is 30.8. The topological polar surface area (TPSA) is 373 Å². The lowest BCUT2D eigenvalue weighted by Gasteiger charge is -2.00. The Morgan fingerprint density at radius 1 is 0.585 bits per heavy atom. The van der Waals surface area contributed by atoms with Crippen LogP contribution < -0.4 is 11.1 Å². The SMILES string of the molecule is CCOC(=O)CC(=O)OCC.Cc1ncc([N+](=O)[O-])cc1Br.O=[N+]([O-])c1cnc(Cl)c(Br)c1.O=[N+]([O-])c1cnc(Cl)c(Br)c1.O=c1[nH]cc([N+](=O)[O-])cc1Br.O=c1ccc([N+](=O)[O-])c[nH]1. The highest BCUT2D eigenvalue weighted by atomic mass is 79.9. The zero-order valence-corrected chi connectivity index (χ0v) is 40.7. The number of H-pyrrole nitrogens is 2. The number of halogens is 6. The molecule has 0 atom stereocenters. The molecule has 0 aliphatic carbocycles. The van der Waals surface area contributed by atoms with Crippen molar-refractivity contribution in [1.82, 2.24) is 24.9 Å². The van der Waals surface area contributed by atoms with Gasteiger partial charge in [0.1, 0.15) is 35.3 Å². The average Bonchev–Trinajstić information content (AvgIpc) is 3.23. The molecule has 0 unspecified atom stereocenters. The van der Waals surface area contributed by atoms with Crippen LogP contribution in [0.25, 0.3) is 0 Å². The maximum Gasteiger partial charge on any atom is 0.317 e. The minimum Gasteiger partial charge on any atom is -0.466 e. The van der Waals surface area contributed by atoms with Crippen LogP contribution in [0.2, 0.25) is 10.3 Å². The van der Waals surface area contributed by atoms with Gasteiger partial charge in [0.05, 0.1) is 69.3 Å². The molecule has 0 fully saturated rings. The monoisotopic (exact) mass is 1210 g/mol. The largest absolute Gasteiger partial charge is 0.466 e. The third kappa shape index (κ3) is 24.4. The van der Waals surface area contributed by atoms with Gasteiger partial charge in [-0.15, -0.1) is 0 Å². The van der Waals surface area contributed by atoms with Crippen LogP contribution in [0.15, 0.2) is 94.9 Å². The molecule has 0 radical (unpaired) electrons. The first-order chi connectivity index (χ1) is 30.3. The lowest BCUT2D eigenvalue weighted by molar-refractivity contribution is -0.385. The summed E-state index contributed by atoms with van der Waals surface area (Å²) in [5, 5.41) is 51.1. The smallest absolute Gasteiger partial charge is 0.317 e. The van der Waals surface area contributed by atoms with Gasteiger partial charge in [0.15, 0.2) is 0 Å². The number of nitrogens with zero attached hydrogens (tertiary/aromatic N) is 8. The standard InChI is InChI=1S/C7H12O4.C6H5BrN2O2.2C5H2BrClN2O2.C5H3BrN2O3.C5H4N2O3/c1-3-10-6(8)5-7(9)11-4-2;1-4-6(7)2-5(3-8-4)9(10)11;2*6-4-1-3(9(10)11)2-8-5(4)7;6-4-1-3(8(10)11)2-7-5(4)9;8-5-2-1-4(3-6-5)7(9)10/h3-5H2,1-2H3;2-3H,1H3;2*1-2H;1-2H,(H,7,9);1-3H,(H,6,8). The molecule has 0 saturated carbocycles. The van der Waals surface area contributed by atoms with Gasteiger partial charge in [-0.2, -0.15) is 0 Å². The molecule has 65 heavy (non-hydrogen) atoms. The first kappa shape index (κ1) is 58.8. The van der Waals surface area contributed by atoms with Crippen molar-refractivity contribution in [3.63, 3.8) is 0 Å². The van der Waals surface area contributed by atoms with Gasteiger partial charge < -0.3 is 19.4 Å². The maximum atomic E-state index is 10.7. The van der Waals surface area contributed by atoms with E-state index in [1.807, 2.05) is 0 Å². The molecule has 32 heteroatoms. The molecule has 0 aliphatic rings. The predicted molar refractivity (Wildman–Crippen MR) is 244 cm³/mol. The van der Waals surface area contributed by atoms with Crippen molar-refractivity contribution in [3.8, 4) is 0 Å². The summed E-state index contributed by atoms with van der Waals surface area (Å²) < 4.78 is 10.7. The summed E-state index contributed by atoms with van der Waals surface area (Å²) in [7, 11) is 0. The molecule has 0 aromatic carbocycles. The molecule has 0 aliphatic heterocycles. The zero-order chi connectivity index (χ0) is 50.0. The second-order valence-corrected chi connectivity index (χ2v) is 14.8. The summed E-state index contributed by atoms with van der Waals surface area (Å²) >= 11 is 23.1. The average molecular weight is 1210 g/mol. The summed E-state index contributed by atoms with van der Waals surface area (Å²) in [6.07, 6.45) is 5.26. The van der Waals surface area contributed by atoms with Gasteiger partial charge in [-0.3, -0.25) is 74.7 Å². The lowest BCUT2D eigenvalue weighted by atomic mass is 10.3. The number of pyridine rings is 5. The van der Waals surface area contributed by atoms with Gasteiger partial charge in [-0.05, 0) is 84.5 Å². The van der Waals surface area contributed by atoms with E-state index in [1.54, 1.807) is 20.8 Å². The summed E-state index contributed by atoms with van der Waals surface area (Å²) in [6.45, 7) is 5.72. The lowest BCUT2D eigenvalue weighted by Crippen LogP contribution is -2.13. The minimum atomic E-state index is -0.583. The Labute approximate surface area is 406 Å². The zero-order valence-electron chi connectivity index (χ0n) is 32.8. The first-order valence-electron chi connectivity index (χ1n) is 16.7. The Hall–Kier alpha value is -6.21. The van der Waals surface area contributed by atoms with Gasteiger partial charge >= 0.3 is 11.9 Å². The molecule has 348 valence electrons. The summed E-state index contributed by atoms with van der Waals surface area (Å²) in [4.78, 5) is 106. The number of nitrogens with one attached hydrogen (secondary N) is 2. The Morgan fingerprint density at radius 2 is 0.954 bits per heavy atom. The fourth-order valence-electron chi connectivity index (χ4n) is 3.23. The molecule has 5 aromatic heterocycles. The number of aromatic amines is 2. The van der Waals surface area contributed by atoms with Crippen LogP contribution in [-0.2, 0) is 19.1 Å². The molecule has 0 saturated heterocycles. The van der Waals surface area contributed by atoms with Crippen molar-refractivity contribution in [2.75, 3.05) is 13.2 Å². The van der Waals surface area contributed by atoms with Crippen LogP contribution in [0.4, 0.5) is 28.4 Å². The van der Waals surface area contributed by atoms with Gasteiger partial charge in [0, 0.05) is 40.9 Å². The number of esters is 2. The van der Waals surface area contributed by atoms with Crippen molar-refractivity contribution in [2.45, 2.75) is 27.2 Å². The van der Waals surface area contributed by atoms with E-state index in [-0.39, 0.29) is 74.0 Å². The maximum absolute atomic E-state index is 10.7. The quantitative estimate of drug-likeness (QED) is 0.0458. The van der Waals surface area contributed by atoms with Gasteiger partial charge in [-0.1, -0.05) is 23.2 Å². The third-order valence-electron chi connectivity index (χ3n) is 6.14. The number of aromatic nitrogens is 5. The molecule has 0 bridgehead atoms. The van der Waals surface area contributed by atoms with Crippen molar-refractivity contribution in [1.29, 1.82) is 0 Å². The van der Waals surface area contributed by atoms with Crippen LogP contribution in [0.3, 0.4) is 0 Å². The highest BCUT2D eigenvalue weighted by Crippen LogP contribution is 2.25. The molecule has 5 heterocycles. The number of hydrogen-bond donors (Lipinski definition) is 2. The fourth-order valence-corrected chi connectivity index (χ4v) is 4.79. The molecule has 5 aromatic rings. The van der Waals surface area contributed by atoms with E-state index in [4.69, 9.17) is 23.2 Å². The van der Waals surface area contributed by atoms with Crippen LogP contribution in [0.1, 0.15) is 26.0 Å². The summed E-state index contributed by atoms with van der Waals surface area (Å²) in [5.41, 5.74) is -0.391. The predicted octanol–water partition coefficient (Wildman–Crippen LogP) is 8.70. The number of rotatable bonds is 9. The van der Waals surface area contributed by atoms with Crippen molar-refractivity contribution in [3.05, 3.63) is 173 Å². The molecule has 26 nitrogen and oxygen atoms in total. The second-order valence-electron chi connectivity index (χ2n) is 10.7. The normalized spacial score (nSPS) is 9.43. The number of carbonyl (C=O) groups excluding carboxylic acids is 2. The number of hydrogen-bond acceptors (Lipinski definition) is 19. The molecular formula is C33H28Br4Cl2N10O16. The first-order valence-corrected chi connectivity index (χ1v) is 20.6. The Kier molecular flexibility index (Phi) is 27.9. The summed E-state index contributed by atoms with van der Waals surface area (Å²) in [6, 6.07) is 7.45. The van der Waals surface area contributed by atoms with Crippen molar-refractivity contribution in [2.24, 2.45) is 0 Å². The van der Waals surface area contributed by atoms with Crippen LogP contribution in [0, 0.1) is 57.5 Å². The van der Waals surface area contributed by atoms with E-state index in [1.165, 1.54) is 24.4 Å². The Morgan fingerprint density at radius 3 is 1.28 bits per heavy atom. The fraction of sp³-hybridized carbons (Fsp3) is 0.182. The van der Waals surface area contributed by atoms with E-state index >= 15 is 0 Å². The number of nitro groups is 5. The molecule has 2 N–H and O–H groups in total. The van der Waals surface area contributed by atoms with Crippen LogP contribution in [0.5, 0.6) is 0 Å². The molecule has 0 spiro atoms. The Bertz CT molecular complexity index is 2430. The van der Waals surface area contributed by atoms with E-state index in [0.29, 0.717) is 13.4 Å². The summed E-state index contributed by atoms with van der Waals surface area (Å²) in [5.74, 6) is -1.07. The van der Waals surface area contributed by atoms with E-state index in [0.717, 1.165) is 48.7 Å².